The quantitative estimate of drug-likeness (QED) is 0.462. The van der Waals surface area contributed by atoms with E-state index in [1.807, 2.05) is 13.0 Å². The average molecular weight is 447 g/mol. The first-order valence-corrected chi connectivity index (χ1v) is 10.2. The summed E-state index contributed by atoms with van der Waals surface area (Å²) in [7, 11) is 0. The van der Waals surface area contributed by atoms with Gasteiger partial charge in [0.25, 0.3) is 0 Å². The van der Waals surface area contributed by atoms with Crippen LogP contribution in [0.15, 0.2) is 30.6 Å². The average Bonchev–Trinajstić information content (AvgIpc) is 3.38. The molecule has 10 nitrogen and oxygen atoms in total. The number of aliphatic hydroxyl groups is 1. The van der Waals surface area contributed by atoms with Crippen molar-refractivity contribution in [3.8, 4) is 11.9 Å². The van der Waals surface area contributed by atoms with Crippen molar-refractivity contribution in [2.24, 2.45) is 0 Å². The van der Waals surface area contributed by atoms with Crippen molar-refractivity contribution in [2.75, 3.05) is 6.54 Å². The van der Waals surface area contributed by atoms with Gasteiger partial charge in [0.15, 0.2) is 11.5 Å². The first kappa shape index (κ1) is 22.1. The normalized spacial score (nSPS) is 13.3. The summed E-state index contributed by atoms with van der Waals surface area (Å²) >= 11 is 0. The van der Waals surface area contributed by atoms with Crippen molar-refractivity contribution in [2.45, 2.75) is 33.1 Å². The Labute approximate surface area is 189 Å². The van der Waals surface area contributed by atoms with E-state index in [1.165, 1.54) is 10.9 Å². The fourth-order valence-corrected chi connectivity index (χ4v) is 3.80. The first-order chi connectivity index (χ1) is 15.8. The van der Waals surface area contributed by atoms with E-state index in [0.29, 0.717) is 33.6 Å². The van der Waals surface area contributed by atoms with Crippen molar-refractivity contribution in [1.82, 2.24) is 20.1 Å². The van der Waals surface area contributed by atoms with Gasteiger partial charge in [0, 0.05) is 36.6 Å². The summed E-state index contributed by atoms with van der Waals surface area (Å²) < 4.78 is 6.40. The van der Waals surface area contributed by atoms with Crippen LogP contribution in [0.25, 0.3) is 5.82 Å². The van der Waals surface area contributed by atoms with Crippen molar-refractivity contribution < 1.29 is 24.5 Å². The van der Waals surface area contributed by atoms with Crippen molar-refractivity contribution in [3.63, 3.8) is 0 Å². The number of carbonyl (C=O) groups excluding carboxylic acids is 1. The first-order valence-electron chi connectivity index (χ1n) is 10.2. The van der Waals surface area contributed by atoms with Crippen LogP contribution in [0.3, 0.4) is 0 Å². The predicted molar refractivity (Wildman–Crippen MR) is 115 cm³/mol. The monoisotopic (exact) mass is 447 g/mol. The van der Waals surface area contributed by atoms with E-state index in [4.69, 9.17) is 10.00 Å². The number of benzene rings is 1. The number of hydrogen-bond acceptors (Lipinski definition) is 8. The van der Waals surface area contributed by atoms with Crippen LogP contribution in [-0.2, 0) is 17.9 Å². The third-order valence-corrected chi connectivity index (χ3v) is 5.66. The molecular formula is C23H21N5O5. The van der Waals surface area contributed by atoms with E-state index in [2.05, 4.69) is 15.4 Å². The van der Waals surface area contributed by atoms with Gasteiger partial charge in [-0.2, -0.15) is 10.4 Å². The zero-order valence-corrected chi connectivity index (χ0v) is 18.0. The Balaban J connectivity index is 1.49. The molecule has 0 saturated carbocycles. The van der Waals surface area contributed by atoms with Crippen LogP contribution in [-0.4, -0.2) is 43.5 Å². The number of rotatable bonds is 7. The lowest BCUT2D eigenvalue weighted by atomic mass is 9.95. The summed E-state index contributed by atoms with van der Waals surface area (Å²) in [5.41, 5.74) is 4.18. The number of cyclic esters (lactones) is 1. The number of carboxylic acid groups (broad SMARTS) is 1. The van der Waals surface area contributed by atoms with Crippen LogP contribution in [0.5, 0.6) is 0 Å². The number of carbonyl (C=O) groups is 2. The number of hydrogen-bond donors (Lipinski definition) is 3. The number of aryl methyl sites for hydroxylation is 1. The van der Waals surface area contributed by atoms with Crippen LogP contribution < -0.4 is 5.32 Å². The number of fused-ring (bicyclic) bond motifs is 1. The van der Waals surface area contributed by atoms with E-state index >= 15 is 0 Å². The molecule has 1 unspecified atom stereocenters. The maximum Gasteiger partial charge on any atom is 0.356 e. The number of ether oxygens (including phenoxy) is 1. The maximum absolute atomic E-state index is 11.7. The lowest BCUT2D eigenvalue weighted by Gasteiger charge is -2.16. The zero-order valence-electron chi connectivity index (χ0n) is 18.0. The largest absolute Gasteiger partial charge is 0.476 e. The minimum Gasteiger partial charge on any atom is -0.476 e. The summed E-state index contributed by atoms with van der Waals surface area (Å²) in [5, 5.41) is 36.4. The second-order valence-electron chi connectivity index (χ2n) is 7.75. The third kappa shape index (κ3) is 4.19. The highest BCUT2D eigenvalue weighted by atomic mass is 16.5. The maximum atomic E-state index is 11.7. The molecule has 2 aromatic heterocycles. The van der Waals surface area contributed by atoms with Gasteiger partial charge >= 0.3 is 11.9 Å². The molecule has 0 saturated heterocycles. The predicted octanol–water partition coefficient (Wildman–Crippen LogP) is 1.95. The number of nitriles is 1. The molecule has 1 atom stereocenters. The van der Waals surface area contributed by atoms with Crippen molar-refractivity contribution in [3.05, 3.63) is 75.2 Å². The van der Waals surface area contributed by atoms with Gasteiger partial charge < -0.3 is 20.3 Å². The standard InChI is InChI=1S/C23H21N5O5/c1-12-5-20(26-8-14(12)6-24)28-10-15(21(27-28)22(30)31)7-25-9-19(29)16-3-4-17-18(13(16)2)11-33-23(17)32/h3-5,8,10,19,25,29H,7,9,11H2,1-2H3,(H,30,31). The van der Waals surface area contributed by atoms with Gasteiger partial charge in [-0.1, -0.05) is 6.07 Å². The second kappa shape index (κ2) is 8.82. The van der Waals surface area contributed by atoms with E-state index in [0.717, 1.165) is 11.1 Å². The number of aliphatic hydroxyl groups excluding tert-OH is 1. The summed E-state index contributed by atoms with van der Waals surface area (Å²) in [5.74, 6) is -1.15. The van der Waals surface area contributed by atoms with Crippen molar-refractivity contribution >= 4 is 11.9 Å². The summed E-state index contributed by atoms with van der Waals surface area (Å²) in [6.07, 6.45) is 2.11. The molecule has 168 valence electrons. The number of esters is 1. The van der Waals surface area contributed by atoms with Gasteiger partial charge in [-0.05, 0) is 42.7 Å². The lowest BCUT2D eigenvalue weighted by molar-refractivity contribution is 0.0534. The minimum absolute atomic E-state index is 0.134. The highest BCUT2D eigenvalue weighted by Crippen LogP contribution is 2.29. The summed E-state index contributed by atoms with van der Waals surface area (Å²) in [6.45, 7) is 4.10. The number of nitrogens with zero attached hydrogens (tertiary/aromatic N) is 4. The van der Waals surface area contributed by atoms with Crippen LogP contribution in [0.2, 0.25) is 0 Å². The number of nitrogens with one attached hydrogen (secondary N) is 1. The molecule has 3 heterocycles. The minimum atomic E-state index is -1.18. The topological polar surface area (TPSA) is 150 Å². The molecular weight excluding hydrogens is 426 g/mol. The number of aromatic nitrogens is 3. The fraction of sp³-hybridized carbons (Fsp3) is 0.261. The van der Waals surface area contributed by atoms with Crippen LogP contribution >= 0.6 is 0 Å². The zero-order chi connectivity index (χ0) is 23.7. The number of carboxylic acids is 1. The lowest BCUT2D eigenvalue weighted by Crippen LogP contribution is -2.22. The fourth-order valence-electron chi connectivity index (χ4n) is 3.80. The van der Waals surface area contributed by atoms with E-state index in [9.17, 15) is 19.8 Å². The van der Waals surface area contributed by atoms with E-state index < -0.39 is 12.1 Å². The molecule has 0 aliphatic carbocycles. The van der Waals surface area contributed by atoms with Gasteiger partial charge in [-0.15, -0.1) is 0 Å². The Bertz CT molecular complexity index is 1310. The number of aromatic carboxylic acids is 1. The summed E-state index contributed by atoms with van der Waals surface area (Å²) in [4.78, 5) is 27.6. The SMILES string of the molecule is Cc1cc(-n2cc(CNCC(O)c3ccc4c(c3C)COC4=O)c(C(=O)O)n2)ncc1C#N. The smallest absolute Gasteiger partial charge is 0.356 e. The molecule has 33 heavy (non-hydrogen) atoms. The Morgan fingerprint density at radius 3 is 2.88 bits per heavy atom. The molecule has 0 fully saturated rings. The molecule has 4 rings (SSSR count). The molecule has 10 heteroatoms. The molecule has 3 aromatic rings. The second-order valence-corrected chi connectivity index (χ2v) is 7.75. The molecule has 0 spiro atoms. The Morgan fingerprint density at radius 1 is 1.39 bits per heavy atom. The summed E-state index contributed by atoms with van der Waals surface area (Å²) in [6, 6.07) is 7.04. The van der Waals surface area contributed by atoms with E-state index in [1.54, 1.807) is 31.3 Å². The van der Waals surface area contributed by atoms with E-state index in [-0.39, 0.29) is 31.4 Å². The highest BCUT2D eigenvalue weighted by Gasteiger charge is 2.25. The molecule has 3 N–H and O–H groups in total. The molecule has 1 aliphatic rings. The van der Waals surface area contributed by atoms with Gasteiger partial charge in [0.2, 0.25) is 0 Å². The number of pyridine rings is 1. The molecule has 0 amide bonds. The van der Waals surface area contributed by atoms with Gasteiger partial charge in [0.05, 0.1) is 17.2 Å². The molecule has 1 aliphatic heterocycles. The Kier molecular flexibility index (Phi) is 5.91. The van der Waals surface area contributed by atoms with Gasteiger partial charge in [0.1, 0.15) is 12.7 Å². The molecule has 1 aromatic carbocycles. The Hall–Kier alpha value is -4.07. The van der Waals surface area contributed by atoms with Crippen molar-refractivity contribution in [1.29, 1.82) is 5.26 Å². The van der Waals surface area contributed by atoms with Gasteiger partial charge in [-0.25, -0.2) is 19.3 Å². The van der Waals surface area contributed by atoms with Crippen LogP contribution in [0.4, 0.5) is 0 Å². The Morgan fingerprint density at radius 2 is 2.18 bits per heavy atom. The molecule has 0 radical (unpaired) electrons. The van der Waals surface area contributed by atoms with Gasteiger partial charge in [-0.3, -0.25) is 0 Å². The molecule has 0 bridgehead atoms. The third-order valence-electron chi connectivity index (χ3n) is 5.66. The van der Waals surface area contributed by atoms with Crippen LogP contribution in [0, 0.1) is 25.2 Å². The highest BCUT2D eigenvalue weighted by molar-refractivity contribution is 5.94. The van der Waals surface area contributed by atoms with Crippen LogP contribution in [0.1, 0.15) is 60.3 Å².